The van der Waals surface area contributed by atoms with E-state index in [0.717, 1.165) is 0 Å². The van der Waals surface area contributed by atoms with E-state index in [4.69, 9.17) is 5.21 Å². The molecule has 0 saturated carbocycles. The molecule has 0 spiro atoms. The Morgan fingerprint density at radius 3 is 2.12 bits per heavy atom. The Balaban J connectivity index is 4.03. The molecule has 0 fully saturated rings. The van der Waals surface area contributed by atoms with Gasteiger partial charge in [0.25, 0.3) is 0 Å². The lowest BCUT2D eigenvalue weighted by molar-refractivity contribution is 0.0940. The first-order valence-corrected chi connectivity index (χ1v) is 1.84. The van der Waals surface area contributed by atoms with Crippen molar-refractivity contribution in [1.82, 2.24) is 0 Å². The van der Waals surface area contributed by atoms with Crippen LogP contribution in [-0.2, 0) is 0 Å². The third-order valence-electron chi connectivity index (χ3n) is 0.558. The molecule has 0 bridgehead atoms. The lowest BCUT2D eigenvalue weighted by atomic mass is 10.4. The summed E-state index contributed by atoms with van der Waals surface area (Å²) in [5.41, 5.74) is 4.50. The number of hydrogen-bond acceptors (Lipinski definition) is 2. The molecular weight excluding hydrogens is 118 g/mol. The van der Waals surface area contributed by atoms with Gasteiger partial charge in [-0.2, -0.15) is 8.78 Å². The summed E-state index contributed by atoms with van der Waals surface area (Å²) in [5.74, 6) is -4.29. The summed E-state index contributed by atoms with van der Waals surface area (Å²) >= 11 is 0. The van der Waals surface area contributed by atoms with Crippen molar-refractivity contribution < 1.29 is 14.0 Å². The minimum Gasteiger partial charge on any atom is -0.409 e. The van der Waals surface area contributed by atoms with Gasteiger partial charge in [0.05, 0.1) is 0 Å². The predicted octanol–water partition coefficient (Wildman–Crippen LogP) is 0.388. The van der Waals surface area contributed by atoms with Crippen LogP contribution in [0, 0.1) is 0 Å². The first kappa shape index (κ1) is 7.13. The highest BCUT2D eigenvalue weighted by atomic mass is 19.3. The molecule has 0 aliphatic heterocycles. The number of halogens is 2. The monoisotopic (exact) mass is 124 g/mol. The Labute approximate surface area is 44.8 Å². The number of nitrogens with two attached hydrogens (primary N) is 1. The fourth-order valence-corrected chi connectivity index (χ4v) is 0.0878. The molecule has 5 heteroatoms. The first-order valence-electron chi connectivity index (χ1n) is 1.84. The number of hydrogen-bond donors (Lipinski definition) is 2. The van der Waals surface area contributed by atoms with Gasteiger partial charge in [0.1, 0.15) is 0 Å². The highest BCUT2D eigenvalue weighted by molar-refractivity contribution is 5.86. The highest BCUT2D eigenvalue weighted by Crippen LogP contribution is 2.09. The molecule has 48 valence electrons. The maximum atomic E-state index is 11.7. The first-order chi connectivity index (χ1) is 3.48. The Bertz CT molecular complexity index is 106. The van der Waals surface area contributed by atoms with E-state index in [1.807, 2.05) is 0 Å². The van der Waals surface area contributed by atoms with Gasteiger partial charge in [0, 0.05) is 6.92 Å². The summed E-state index contributed by atoms with van der Waals surface area (Å²) in [6.45, 7) is 0.544. The Hall–Kier alpha value is -0.870. The smallest absolute Gasteiger partial charge is 0.304 e. The number of oxime groups is 1. The van der Waals surface area contributed by atoms with Crippen LogP contribution in [0.25, 0.3) is 0 Å². The zero-order valence-electron chi connectivity index (χ0n) is 4.23. The number of nitrogens with zero attached hydrogens (tertiary/aromatic N) is 1. The van der Waals surface area contributed by atoms with Crippen molar-refractivity contribution in [3.63, 3.8) is 0 Å². The third-order valence-corrected chi connectivity index (χ3v) is 0.558. The largest absolute Gasteiger partial charge is 0.409 e. The molecule has 0 atom stereocenters. The molecule has 3 nitrogen and oxygen atoms in total. The summed E-state index contributed by atoms with van der Waals surface area (Å²) in [7, 11) is 0. The van der Waals surface area contributed by atoms with E-state index in [-0.39, 0.29) is 0 Å². The topological polar surface area (TPSA) is 58.6 Å². The summed E-state index contributed by atoms with van der Waals surface area (Å²) in [6, 6.07) is 0. The van der Waals surface area contributed by atoms with E-state index in [1.165, 1.54) is 0 Å². The fourth-order valence-electron chi connectivity index (χ4n) is 0.0878. The van der Waals surface area contributed by atoms with Crippen molar-refractivity contribution in [2.75, 3.05) is 0 Å². The van der Waals surface area contributed by atoms with Crippen LogP contribution in [0.2, 0.25) is 0 Å². The minimum absolute atomic E-state index is 0.544. The van der Waals surface area contributed by atoms with Crippen LogP contribution < -0.4 is 5.73 Å². The predicted molar refractivity (Wildman–Crippen MR) is 24.0 cm³/mol. The summed E-state index contributed by atoms with van der Waals surface area (Å²) in [4.78, 5) is 0. The van der Waals surface area contributed by atoms with Gasteiger partial charge in [-0.25, -0.2) is 0 Å². The molecule has 0 saturated heterocycles. The van der Waals surface area contributed by atoms with Gasteiger partial charge in [-0.05, 0) is 0 Å². The molecular formula is C3H6F2N2O. The summed E-state index contributed by atoms with van der Waals surface area (Å²) in [6.07, 6.45) is 0. The second-order valence-electron chi connectivity index (χ2n) is 1.37. The van der Waals surface area contributed by atoms with Gasteiger partial charge in [-0.1, -0.05) is 5.16 Å². The molecule has 3 N–H and O–H groups in total. The van der Waals surface area contributed by atoms with Crippen molar-refractivity contribution in [1.29, 1.82) is 0 Å². The molecule has 0 heterocycles. The van der Waals surface area contributed by atoms with Gasteiger partial charge >= 0.3 is 5.92 Å². The van der Waals surface area contributed by atoms with Crippen LogP contribution in [0.5, 0.6) is 0 Å². The Kier molecular flexibility index (Phi) is 1.72. The van der Waals surface area contributed by atoms with E-state index in [1.54, 1.807) is 0 Å². The maximum Gasteiger partial charge on any atom is 0.304 e. The van der Waals surface area contributed by atoms with Gasteiger partial charge in [0.15, 0.2) is 0 Å². The van der Waals surface area contributed by atoms with Gasteiger partial charge in [-0.15, -0.1) is 0 Å². The second kappa shape index (κ2) is 1.94. The molecule has 0 radical (unpaired) electrons. The molecule has 8 heavy (non-hydrogen) atoms. The normalized spacial score (nSPS) is 14.1. The van der Waals surface area contributed by atoms with E-state index in [0.29, 0.717) is 6.92 Å². The van der Waals surface area contributed by atoms with E-state index >= 15 is 0 Å². The van der Waals surface area contributed by atoms with Gasteiger partial charge < -0.3 is 10.9 Å². The van der Waals surface area contributed by atoms with E-state index in [2.05, 4.69) is 10.9 Å². The molecule has 0 aromatic rings. The minimum atomic E-state index is -3.21. The standard InChI is InChI=1S/C3H6F2N2O/c1-3(4,5)2(6)7-8/h8H,1H3,(H2,6,7). The quantitative estimate of drug-likeness (QED) is 0.230. The molecule has 0 aliphatic carbocycles. The van der Waals surface area contributed by atoms with Crippen molar-refractivity contribution in [3.8, 4) is 0 Å². The van der Waals surface area contributed by atoms with Crippen molar-refractivity contribution in [2.24, 2.45) is 10.9 Å². The molecule has 0 rings (SSSR count). The third kappa shape index (κ3) is 1.72. The molecule has 0 aromatic heterocycles. The fraction of sp³-hybridized carbons (Fsp3) is 0.667. The van der Waals surface area contributed by atoms with E-state index < -0.39 is 11.8 Å². The summed E-state index contributed by atoms with van der Waals surface area (Å²) in [5, 5.41) is 9.76. The number of alkyl halides is 2. The maximum absolute atomic E-state index is 11.7. The lowest BCUT2D eigenvalue weighted by Gasteiger charge is -2.04. The number of amidine groups is 1. The zero-order chi connectivity index (χ0) is 6.78. The van der Waals surface area contributed by atoms with Crippen LogP contribution in [0.15, 0.2) is 5.16 Å². The van der Waals surface area contributed by atoms with Crippen LogP contribution >= 0.6 is 0 Å². The average molecular weight is 124 g/mol. The van der Waals surface area contributed by atoms with Crippen LogP contribution in [-0.4, -0.2) is 17.0 Å². The van der Waals surface area contributed by atoms with Crippen LogP contribution in [0.3, 0.4) is 0 Å². The number of rotatable bonds is 1. The Morgan fingerprint density at radius 1 is 1.75 bits per heavy atom. The van der Waals surface area contributed by atoms with Crippen LogP contribution in [0.1, 0.15) is 6.92 Å². The van der Waals surface area contributed by atoms with Gasteiger partial charge in [0.2, 0.25) is 5.84 Å². The van der Waals surface area contributed by atoms with Gasteiger partial charge in [-0.3, -0.25) is 0 Å². The summed E-state index contributed by atoms with van der Waals surface area (Å²) < 4.78 is 23.4. The molecule has 0 amide bonds. The van der Waals surface area contributed by atoms with Crippen molar-refractivity contribution in [2.45, 2.75) is 12.8 Å². The second-order valence-corrected chi connectivity index (χ2v) is 1.37. The van der Waals surface area contributed by atoms with Crippen LogP contribution in [0.4, 0.5) is 8.78 Å². The molecule has 0 aromatic carbocycles. The zero-order valence-corrected chi connectivity index (χ0v) is 4.23. The van der Waals surface area contributed by atoms with Crippen molar-refractivity contribution in [3.05, 3.63) is 0 Å². The molecule has 0 unspecified atom stereocenters. The molecule has 0 aliphatic rings. The Morgan fingerprint density at radius 2 is 2.12 bits per heavy atom. The highest BCUT2D eigenvalue weighted by Gasteiger charge is 2.27. The lowest BCUT2D eigenvalue weighted by Crippen LogP contribution is -2.32. The SMILES string of the molecule is CC(F)(F)/C(N)=N/O. The van der Waals surface area contributed by atoms with Crippen molar-refractivity contribution >= 4 is 5.84 Å². The van der Waals surface area contributed by atoms with E-state index in [9.17, 15) is 8.78 Å². The average Bonchev–Trinajstić information content (AvgIpc) is 1.62.